The third-order valence-electron chi connectivity index (χ3n) is 3.99. The van der Waals surface area contributed by atoms with Crippen LogP contribution in [0.4, 0.5) is 0 Å². The van der Waals surface area contributed by atoms with Crippen LogP contribution in [0.25, 0.3) is 11.4 Å². The Morgan fingerprint density at radius 2 is 1.89 bits per heavy atom. The standard InChI is InChI=1S/C21H24ClN3OS/c1-4-25-20(17-8-10-19(11-9-17)26-13-15(2)3)23-24-21(25)27-14-16-6-5-7-18(22)12-16/h5-12,15H,4,13-14H2,1-3H3. The Bertz CT molecular complexity index is 877. The number of ether oxygens (including phenoxy) is 1. The van der Waals surface area contributed by atoms with E-state index in [4.69, 9.17) is 16.3 Å². The number of rotatable bonds is 8. The van der Waals surface area contributed by atoms with Gasteiger partial charge in [-0.05, 0) is 54.8 Å². The maximum absolute atomic E-state index is 6.07. The summed E-state index contributed by atoms with van der Waals surface area (Å²) in [6, 6.07) is 16.0. The zero-order valence-electron chi connectivity index (χ0n) is 15.9. The molecule has 0 saturated heterocycles. The molecule has 3 rings (SSSR count). The quantitative estimate of drug-likeness (QED) is 0.437. The molecule has 1 aromatic heterocycles. The van der Waals surface area contributed by atoms with Crippen LogP contribution in [0.5, 0.6) is 5.75 Å². The van der Waals surface area contributed by atoms with Crippen molar-refractivity contribution >= 4 is 23.4 Å². The van der Waals surface area contributed by atoms with Gasteiger partial charge in [-0.15, -0.1) is 10.2 Å². The first kappa shape index (κ1) is 19.8. The summed E-state index contributed by atoms with van der Waals surface area (Å²) in [5.74, 6) is 3.07. The summed E-state index contributed by atoms with van der Waals surface area (Å²) in [4.78, 5) is 0. The van der Waals surface area contributed by atoms with Gasteiger partial charge in [-0.3, -0.25) is 0 Å². The summed E-state index contributed by atoms with van der Waals surface area (Å²) in [5.41, 5.74) is 2.21. The van der Waals surface area contributed by atoms with Crippen molar-refractivity contribution in [2.45, 2.75) is 38.2 Å². The zero-order valence-corrected chi connectivity index (χ0v) is 17.4. The number of nitrogens with zero attached hydrogens (tertiary/aromatic N) is 3. The van der Waals surface area contributed by atoms with Crippen molar-refractivity contribution in [2.24, 2.45) is 5.92 Å². The first-order valence-electron chi connectivity index (χ1n) is 9.10. The van der Waals surface area contributed by atoms with Crippen molar-refractivity contribution in [3.63, 3.8) is 0 Å². The molecule has 0 aliphatic carbocycles. The van der Waals surface area contributed by atoms with Gasteiger partial charge in [0.05, 0.1) is 6.61 Å². The number of benzene rings is 2. The van der Waals surface area contributed by atoms with E-state index in [9.17, 15) is 0 Å². The van der Waals surface area contributed by atoms with Crippen molar-refractivity contribution in [2.75, 3.05) is 6.61 Å². The number of hydrogen-bond acceptors (Lipinski definition) is 4. The second kappa shape index (κ2) is 9.29. The molecule has 0 fully saturated rings. The molecule has 0 aliphatic rings. The highest BCUT2D eigenvalue weighted by molar-refractivity contribution is 7.98. The van der Waals surface area contributed by atoms with Gasteiger partial charge in [0.25, 0.3) is 0 Å². The third-order valence-corrected chi connectivity index (χ3v) is 5.26. The molecule has 0 unspecified atom stereocenters. The lowest BCUT2D eigenvalue weighted by Gasteiger charge is -2.10. The molecule has 27 heavy (non-hydrogen) atoms. The van der Waals surface area contributed by atoms with Gasteiger partial charge in [0.2, 0.25) is 0 Å². The highest BCUT2D eigenvalue weighted by atomic mass is 35.5. The van der Waals surface area contributed by atoms with Crippen LogP contribution in [0.2, 0.25) is 5.02 Å². The lowest BCUT2D eigenvalue weighted by Crippen LogP contribution is -2.04. The van der Waals surface area contributed by atoms with Crippen molar-refractivity contribution in [3.05, 3.63) is 59.1 Å². The minimum absolute atomic E-state index is 0.506. The van der Waals surface area contributed by atoms with E-state index in [-0.39, 0.29) is 0 Å². The van der Waals surface area contributed by atoms with E-state index >= 15 is 0 Å². The Kier molecular flexibility index (Phi) is 6.80. The fourth-order valence-electron chi connectivity index (χ4n) is 2.63. The Morgan fingerprint density at radius 1 is 1.11 bits per heavy atom. The van der Waals surface area contributed by atoms with E-state index in [0.29, 0.717) is 5.92 Å². The lowest BCUT2D eigenvalue weighted by atomic mass is 10.2. The van der Waals surface area contributed by atoms with Crippen molar-refractivity contribution in [1.82, 2.24) is 14.8 Å². The van der Waals surface area contributed by atoms with Gasteiger partial charge in [-0.1, -0.05) is 49.3 Å². The zero-order chi connectivity index (χ0) is 19.2. The average Bonchev–Trinajstić information content (AvgIpc) is 3.08. The van der Waals surface area contributed by atoms with E-state index in [0.717, 1.165) is 46.2 Å². The monoisotopic (exact) mass is 401 g/mol. The van der Waals surface area contributed by atoms with Gasteiger partial charge in [0.1, 0.15) is 5.75 Å². The molecule has 0 amide bonds. The molecular weight excluding hydrogens is 378 g/mol. The number of hydrogen-bond donors (Lipinski definition) is 0. The van der Waals surface area contributed by atoms with Gasteiger partial charge >= 0.3 is 0 Å². The summed E-state index contributed by atoms with van der Waals surface area (Å²) in [5, 5.41) is 10.5. The van der Waals surface area contributed by atoms with Gasteiger partial charge in [-0.25, -0.2) is 0 Å². The molecule has 3 aromatic rings. The summed E-state index contributed by atoms with van der Waals surface area (Å²) >= 11 is 7.74. The maximum Gasteiger partial charge on any atom is 0.191 e. The molecule has 0 N–H and O–H groups in total. The molecule has 142 valence electrons. The van der Waals surface area contributed by atoms with Crippen LogP contribution in [0.3, 0.4) is 0 Å². The summed E-state index contributed by atoms with van der Waals surface area (Å²) in [6.07, 6.45) is 0. The fraction of sp³-hybridized carbons (Fsp3) is 0.333. The molecule has 2 aromatic carbocycles. The molecular formula is C21H24ClN3OS. The largest absolute Gasteiger partial charge is 0.493 e. The smallest absolute Gasteiger partial charge is 0.191 e. The van der Waals surface area contributed by atoms with Crippen LogP contribution in [0.15, 0.2) is 53.7 Å². The van der Waals surface area contributed by atoms with Crippen LogP contribution in [0.1, 0.15) is 26.3 Å². The average molecular weight is 402 g/mol. The van der Waals surface area contributed by atoms with Crippen LogP contribution >= 0.6 is 23.4 Å². The second-order valence-electron chi connectivity index (χ2n) is 6.70. The van der Waals surface area contributed by atoms with Gasteiger partial charge in [-0.2, -0.15) is 0 Å². The van der Waals surface area contributed by atoms with Crippen LogP contribution in [-0.2, 0) is 12.3 Å². The van der Waals surface area contributed by atoms with E-state index in [1.165, 1.54) is 5.56 Å². The molecule has 0 aliphatic heterocycles. The van der Waals surface area contributed by atoms with Crippen molar-refractivity contribution in [3.8, 4) is 17.1 Å². The predicted molar refractivity (Wildman–Crippen MR) is 112 cm³/mol. The minimum atomic E-state index is 0.506. The third kappa shape index (κ3) is 5.27. The van der Waals surface area contributed by atoms with Gasteiger partial charge < -0.3 is 9.30 Å². The number of aromatic nitrogens is 3. The Hall–Kier alpha value is -1.98. The van der Waals surface area contributed by atoms with Gasteiger partial charge in [0, 0.05) is 22.9 Å². The lowest BCUT2D eigenvalue weighted by molar-refractivity contribution is 0.271. The molecule has 1 heterocycles. The topological polar surface area (TPSA) is 39.9 Å². The normalized spacial score (nSPS) is 11.1. The Labute approximate surface area is 169 Å². The molecule has 0 saturated carbocycles. The molecule has 0 atom stereocenters. The van der Waals surface area contributed by atoms with Gasteiger partial charge in [0.15, 0.2) is 11.0 Å². The van der Waals surface area contributed by atoms with Crippen LogP contribution in [-0.4, -0.2) is 21.4 Å². The first-order chi connectivity index (χ1) is 13.1. The minimum Gasteiger partial charge on any atom is -0.493 e. The summed E-state index contributed by atoms with van der Waals surface area (Å²) in [7, 11) is 0. The highest BCUT2D eigenvalue weighted by Gasteiger charge is 2.13. The number of thioether (sulfide) groups is 1. The molecule has 4 nitrogen and oxygen atoms in total. The summed E-state index contributed by atoms with van der Waals surface area (Å²) < 4.78 is 7.90. The molecule has 0 spiro atoms. The Balaban J connectivity index is 1.73. The second-order valence-corrected chi connectivity index (χ2v) is 8.08. The van der Waals surface area contributed by atoms with Crippen LogP contribution in [0, 0.1) is 5.92 Å². The number of halogens is 1. The molecule has 0 radical (unpaired) electrons. The van der Waals surface area contributed by atoms with E-state index in [1.807, 2.05) is 42.5 Å². The van der Waals surface area contributed by atoms with Crippen molar-refractivity contribution in [1.29, 1.82) is 0 Å². The summed E-state index contributed by atoms with van der Waals surface area (Å²) in [6.45, 7) is 7.92. The maximum atomic E-state index is 6.07. The van der Waals surface area contributed by atoms with Crippen molar-refractivity contribution < 1.29 is 4.74 Å². The molecule has 6 heteroatoms. The predicted octanol–water partition coefficient (Wildman–Crippen LogP) is 5.95. The Morgan fingerprint density at radius 3 is 2.56 bits per heavy atom. The van der Waals surface area contributed by atoms with E-state index < -0.39 is 0 Å². The first-order valence-corrected chi connectivity index (χ1v) is 10.5. The van der Waals surface area contributed by atoms with E-state index in [2.05, 4.69) is 41.6 Å². The SMILES string of the molecule is CCn1c(SCc2cccc(Cl)c2)nnc1-c1ccc(OCC(C)C)cc1. The molecule has 0 bridgehead atoms. The highest BCUT2D eigenvalue weighted by Crippen LogP contribution is 2.28. The van der Waals surface area contributed by atoms with Crippen LogP contribution < -0.4 is 4.74 Å². The fourth-order valence-corrected chi connectivity index (χ4v) is 3.79. The van der Waals surface area contributed by atoms with E-state index in [1.54, 1.807) is 11.8 Å².